The summed E-state index contributed by atoms with van der Waals surface area (Å²) in [4.78, 5) is 32.3. The number of allylic oxidation sites excluding steroid dienone is 3. The Balaban J connectivity index is 0.00000585. The summed E-state index contributed by atoms with van der Waals surface area (Å²) in [6.45, 7) is 14.9. The first-order valence-electron chi connectivity index (χ1n) is 20.1. The Bertz CT molecular complexity index is 2440. The van der Waals surface area contributed by atoms with E-state index >= 15 is 0 Å². The number of nitrogens with zero attached hydrogens (tertiary/aromatic N) is 4. The fourth-order valence-electron chi connectivity index (χ4n) is 7.66. The van der Waals surface area contributed by atoms with Crippen molar-refractivity contribution in [2.45, 2.75) is 53.8 Å². The van der Waals surface area contributed by atoms with Gasteiger partial charge in [0.1, 0.15) is 24.7 Å². The number of esters is 1. The highest BCUT2D eigenvalue weighted by atomic mass is 79.9. The Morgan fingerprint density at radius 3 is 2.31 bits per heavy atom. The third-order valence-electron chi connectivity index (χ3n) is 10.6. The molecule has 0 amide bonds. The van der Waals surface area contributed by atoms with E-state index in [1.807, 2.05) is 54.6 Å². The van der Waals surface area contributed by atoms with E-state index in [-0.39, 0.29) is 47.7 Å². The average molecular weight is 876 g/mol. The number of carbonyl (C=O) groups is 2. The molecule has 11 heteroatoms. The van der Waals surface area contributed by atoms with Crippen molar-refractivity contribution >= 4 is 58.1 Å². The van der Waals surface area contributed by atoms with Gasteiger partial charge in [-0.15, -0.1) is 11.8 Å². The van der Waals surface area contributed by atoms with Crippen LogP contribution in [0.4, 0.5) is 11.4 Å². The number of hydrogen-bond donors (Lipinski definition) is 1. The van der Waals surface area contributed by atoms with Crippen molar-refractivity contribution in [3.8, 4) is 5.75 Å². The van der Waals surface area contributed by atoms with Gasteiger partial charge in [-0.25, -0.2) is 9.13 Å². The average Bonchev–Trinajstić information content (AvgIpc) is 3.71. The van der Waals surface area contributed by atoms with Gasteiger partial charge in [-0.3, -0.25) is 9.59 Å². The molecule has 9 nitrogen and oxygen atoms in total. The fraction of sp³-hybridized carbons (Fsp3) is 0.271. The van der Waals surface area contributed by atoms with E-state index in [2.05, 4.69) is 101 Å². The largest absolute Gasteiger partial charge is 1.00 e. The van der Waals surface area contributed by atoms with Crippen LogP contribution in [0, 0.1) is 0 Å². The molecule has 1 aromatic heterocycles. The fourth-order valence-corrected chi connectivity index (χ4v) is 8.62. The van der Waals surface area contributed by atoms with Crippen molar-refractivity contribution in [3.63, 3.8) is 0 Å². The smallest absolute Gasteiger partial charge is 0.316 e. The third-order valence-corrected chi connectivity index (χ3v) is 11.7. The summed E-state index contributed by atoms with van der Waals surface area (Å²) in [6, 6.07) is 31.0. The number of fused-ring (bicyclic) bond motifs is 2. The van der Waals surface area contributed by atoms with Gasteiger partial charge in [-0.1, -0.05) is 80.2 Å². The molecule has 0 saturated heterocycles. The lowest BCUT2D eigenvalue weighted by molar-refractivity contribution is -0.665. The molecular formula is C48H51BrN4O5S. The van der Waals surface area contributed by atoms with E-state index < -0.39 is 0 Å². The number of aryl methyl sites for hydroxylation is 2. The quantitative estimate of drug-likeness (QED) is 0.0748. The lowest BCUT2D eigenvalue weighted by Gasteiger charge is -2.28. The minimum atomic E-state index is -0.341. The van der Waals surface area contributed by atoms with E-state index in [0.29, 0.717) is 43.9 Å². The van der Waals surface area contributed by atoms with Crippen LogP contribution in [-0.4, -0.2) is 53.5 Å². The Kier molecular flexibility index (Phi) is 14.4. The van der Waals surface area contributed by atoms with Gasteiger partial charge in [0.05, 0.1) is 36.9 Å². The lowest BCUT2D eigenvalue weighted by Crippen LogP contribution is -3.00. The highest BCUT2D eigenvalue weighted by Gasteiger charge is 2.38. The second-order valence-electron chi connectivity index (χ2n) is 14.1. The molecule has 1 aliphatic carbocycles. The maximum absolute atomic E-state index is 14.6. The number of halogens is 1. The summed E-state index contributed by atoms with van der Waals surface area (Å²) in [7, 11) is 0. The number of Topliss-reactive ketones (excluding diaryl/α,β-unsaturated/α-hetero) is 1. The molecular weight excluding hydrogens is 825 g/mol. The molecule has 0 spiro atoms. The van der Waals surface area contributed by atoms with Crippen LogP contribution in [0.1, 0.15) is 55.8 Å². The number of rotatable bonds is 17. The predicted octanol–water partition coefficient (Wildman–Crippen LogP) is 5.48. The van der Waals surface area contributed by atoms with Gasteiger partial charge < -0.3 is 41.4 Å². The first kappa shape index (κ1) is 43.2. The SMILES string of the molecule is C=Cc1ccc(C[n+]2c(/C=C3/C(=O)C(/C=C4/N(CC)c5cc(CC)ccc5N4CCO)=C3SCC(=O)OCC)n(CC)c3cc(OCc4ccccc4)ccc32)cc1.[Br-]. The van der Waals surface area contributed by atoms with Crippen molar-refractivity contribution < 1.29 is 45.7 Å². The number of thioether (sulfide) groups is 1. The molecule has 1 aliphatic heterocycles. The zero-order chi connectivity index (χ0) is 40.8. The number of β-amino-alcohol motifs (C(OH)–C–C–N with tert-alkyl or cyclic N) is 1. The van der Waals surface area contributed by atoms with Gasteiger partial charge in [0.15, 0.2) is 16.8 Å². The number of ketones is 1. The number of ether oxygens (including phenoxy) is 2. The summed E-state index contributed by atoms with van der Waals surface area (Å²) >= 11 is 1.33. The van der Waals surface area contributed by atoms with Crippen LogP contribution in [0.15, 0.2) is 126 Å². The maximum atomic E-state index is 14.6. The molecule has 5 aromatic rings. The second-order valence-corrected chi connectivity index (χ2v) is 15.1. The Morgan fingerprint density at radius 1 is 0.864 bits per heavy atom. The molecule has 0 unspecified atom stereocenters. The number of aliphatic hydroxyl groups is 1. The molecule has 0 fully saturated rings. The van der Waals surface area contributed by atoms with E-state index in [0.717, 1.165) is 67.8 Å². The van der Waals surface area contributed by atoms with Crippen molar-refractivity contribution in [3.05, 3.63) is 154 Å². The Labute approximate surface area is 361 Å². The normalized spacial score (nSPS) is 14.8. The summed E-state index contributed by atoms with van der Waals surface area (Å²) in [5.41, 5.74) is 9.52. The molecule has 0 saturated carbocycles. The summed E-state index contributed by atoms with van der Waals surface area (Å²) in [5, 5.41) is 10.2. The zero-order valence-electron chi connectivity index (χ0n) is 34.1. The second kappa shape index (κ2) is 19.6. The number of aliphatic hydroxyl groups excluding tert-OH is 1. The van der Waals surface area contributed by atoms with Crippen LogP contribution in [0.25, 0.3) is 23.2 Å². The number of hydrogen-bond acceptors (Lipinski definition) is 8. The monoisotopic (exact) mass is 874 g/mol. The van der Waals surface area contributed by atoms with Gasteiger partial charge in [0.25, 0.3) is 5.82 Å². The number of imidazole rings is 1. The molecule has 2 heterocycles. The van der Waals surface area contributed by atoms with Gasteiger partial charge in [0.2, 0.25) is 0 Å². The van der Waals surface area contributed by atoms with Crippen LogP contribution in [0.5, 0.6) is 5.75 Å². The van der Waals surface area contributed by atoms with E-state index in [9.17, 15) is 14.7 Å². The topological polar surface area (TPSA) is 88.1 Å². The van der Waals surface area contributed by atoms with Crippen LogP contribution < -0.4 is 36.1 Å². The van der Waals surface area contributed by atoms with Crippen LogP contribution in [-0.2, 0) is 40.4 Å². The summed E-state index contributed by atoms with van der Waals surface area (Å²) in [5.74, 6) is 2.04. The molecule has 0 atom stereocenters. The van der Waals surface area contributed by atoms with E-state index in [1.165, 1.54) is 17.3 Å². The van der Waals surface area contributed by atoms with Crippen LogP contribution in [0.2, 0.25) is 0 Å². The Morgan fingerprint density at radius 2 is 1.63 bits per heavy atom. The molecule has 1 N–H and O–H groups in total. The predicted molar refractivity (Wildman–Crippen MR) is 235 cm³/mol. The lowest BCUT2D eigenvalue weighted by atomic mass is 9.89. The highest BCUT2D eigenvalue weighted by molar-refractivity contribution is 8.04. The first-order chi connectivity index (χ1) is 28.3. The van der Waals surface area contributed by atoms with E-state index in [1.54, 1.807) is 6.92 Å². The summed E-state index contributed by atoms with van der Waals surface area (Å²) < 4.78 is 16.1. The molecule has 4 aromatic carbocycles. The van der Waals surface area contributed by atoms with Crippen LogP contribution >= 0.6 is 11.8 Å². The van der Waals surface area contributed by atoms with Gasteiger partial charge in [-0.2, -0.15) is 0 Å². The number of benzene rings is 4. The van der Waals surface area contributed by atoms with E-state index in [4.69, 9.17) is 9.47 Å². The van der Waals surface area contributed by atoms with Crippen LogP contribution in [0.3, 0.4) is 0 Å². The molecule has 306 valence electrons. The molecule has 0 radical (unpaired) electrons. The number of carbonyl (C=O) groups excluding carboxylic acids is 2. The molecule has 7 rings (SSSR count). The molecule has 2 aliphatic rings. The minimum absolute atomic E-state index is 0. The Hall–Kier alpha value is -5.36. The zero-order valence-corrected chi connectivity index (χ0v) is 36.5. The first-order valence-corrected chi connectivity index (χ1v) is 21.0. The molecule has 0 bridgehead atoms. The number of aromatic nitrogens is 2. The maximum Gasteiger partial charge on any atom is 0.316 e. The minimum Gasteiger partial charge on any atom is -1.00 e. The van der Waals surface area contributed by atoms with Gasteiger partial charge >= 0.3 is 5.97 Å². The summed E-state index contributed by atoms with van der Waals surface area (Å²) in [6.07, 6.45) is 6.63. The standard InChI is InChI=1S/C48H51N4O5S.BrH/c1-6-33-16-18-35(19-17-33)30-52-41-23-21-37(57-31-36-14-12-11-13-15-36)27-43(41)50(9-4)45(52)29-39-47(55)38(48(39)58-32-46(54)56-10-5)28-44-49(8-3)42-26-34(7-2)20-22-40(42)51(44)24-25-53;/h6,11-23,26-29,53H,1,7-10,24-25,30-32H2,2-5H3;1H/q+1;/p-1. The van der Waals surface area contributed by atoms with Gasteiger partial charge in [0, 0.05) is 41.3 Å². The van der Waals surface area contributed by atoms with Crippen molar-refractivity contribution in [2.75, 3.05) is 41.9 Å². The highest BCUT2D eigenvalue weighted by Crippen LogP contribution is 2.46. The third kappa shape index (κ3) is 8.98. The molecule has 59 heavy (non-hydrogen) atoms. The number of anilines is 2. The van der Waals surface area contributed by atoms with Crippen molar-refractivity contribution in [1.29, 1.82) is 0 Å². The van der Waals surface area contributed by atoms with Crippen molar-refractivity contribution in [1.82, 2.24) is 4.57 Å². The van der Waals surface area contributed by atoms with Crippen molar-refractivity contribution in [2.24, 2.45) is 0 Å². The van der Waals surface area contributed by atoms with Gasteiger partial charge in [-0.05, 0) is 79.8 Å².